The normalized spacial score (nSPS) is 16.4. The van der Waals surface area contributed by atoms with E-state index in [-0.39, 0.29) is 11.5 Å². The van der Waals surface area contributed by atoms with Crippen molar-refractivity contribution in [3.63, 3.8) is 0 Å². The van der Waals surface area contributed by atoms with Gasteiger partial charge in [-0.3, -0.25) is 14.7 Å². The molecule has 0 spiro atoms. The highest BCUT2D eigenvalue weighted by Gasteiger charge is 2.44. The number of hydrogen-bond acceptors (Lipinski definition) is 3. The topological polar surface area (TPSA) is 70.5 Å². The molecule has 0 unspecified atom stereocenters. The Morgan fingerprint density at radius 2 is 1.42 bits per heavy atom. The van der Waals surface area contributed by atoms with Crippen LogP contribution < -0.4 is 10.6 Å². The lowest BCUT2D eigenvalue weighted by Gasteiger charge is -2.24. The third-order valence-corrected chi connectivity index (χ3v) is 7.19. The fourth-order valence-electron chi connectivity index (χ4n) is 4.66. The summed E-state index contributed by atoms with van der Waals surface area (Å²) in [6.07, 6.45) is 0. The van der Waals surface area contributed by atoms with E-state index in [2.05, 4.69) is 10.2 Å². The quantitative estimate of drug-likeness (QED) is 0.310. The molecule has 36 heavy (non-hydrogen) atoms. The largest absolute Gasteiger partial charge is 0.295 e. The number of anilines is 1. The molecule has 0 bridgehead atoms. The van der Waals surface area contributed by atoms with Gasteiger partial charge in [0.15, 0.2) is 0 Å². The number of carbonyl (C=O) groups excluding carboxylic acids is 1. The molecular weight excluding hydrogens is 519 g/mol. The van der Waals surface area contributed by atoms with Crippen molar-refractivity contribution in [3.8, 4) is 5.69 Å². The standard InChI is InChI=1S/C27H21Cl3N4O2/c1-15-23(26(35)33(31-15)19-11-7-17(28)8-12-19)25(21-5-3-4-6-22(21)30)24-16(2)32-34(27(24)36)20-13-9-18(29)10-14-20/h3-14,23,25,32H,1-2H3/t23-,25-/m1/s1. The first kappa shape index (κ1) is 24.4. The second-order valence-electron chi connectivity index (χ2n) is 8.61. The second kappa shape index (κ2) is 9.62. The molecule has 0 fully saturated rings. The summed E-state index contributed by atoms with van der Waals surface area (Å²) in [6, 6.07) is 21.1. The van der Waals surface area contributed by atoms with Gasteiger partial charge in [-0.1, -0.05) is 53.0 Å². The van der Waals surface area contributed by atoms with Crippen LogP contribution in [0.4, 0.5) is 5.69 Å². The van der Waals surface area contributed by atoms with E-state index < -0.39 is 11.8 Å². The highest BCUT2D eigenvalue weighted by molar-refractivity contribution is 6.32. The molecule has 1 amide bonds. The number of aromatic amines is 1. The number of hydrazone groups is 1. The summed E-state index contributed by atoms with van der Waals surface area (Å²) in [4.78, 5) is 27.7. The molecule has 1 aromatic heterocycles. The molecule has 0 saturated heterocycles. The van der Waals surface area contributed by atoms with Gasteiger partial charge in [0, 0.05) is 38.0 Å². The number of hydrogen-bond donors (Lipinski definition) is 1. The molecule has 6 nitrogen and oxygen atoms in total. The van der Waals surface area contributed by atoms with Gasteiger partial charge in [-0.25, -0.2) is 9.69 Å². The Labute approximate surface area is 222 Å². The summed E-state index contributed by atoms with van der Waals surface area (Å²) in [7, 11) is 0. The van der Waals surface area contributed by atoms with Crippen LogP contribution in [-0.4, -0.2) is 21.4 Å². The Morgan fingerprint density at radius 3 is 2.03 bits per heavy atom. The van der Waals surface area contributed by atoms with Gasteiger partial charge in [-0.15, -0.1) is 0 Å². The van der Waals surface area contributed by atoms with E-state index in [9.17, 15) is 9.59 Å². The van der Waals surface area contributed by atoms with E-state index in [4.69, 9.17) is 34.8 Å². The summed E-state index contributed by atoms with van der Waals surface area (Å²) in [5.74, 6) is -1.65. The van der Waals surface area contributed by atoms with Crippen LogP contribution >= 0.6 is 34.8 Å². The summed E-state index contributed by atoms with van der Waals surface area (Å²) >= 11 is 18.7. The lowest BCUT2D eigenvalue weighted by Crippen LogP contribution is -2.34. The molecule has 1 aliphatic heterocycles. The molecule has 1 aliphatic rings. The average molecular weight is 540 g/mol. The maximum absolute atomic E-state index is 13.8. The zero-order valence-electron chi connectivity index (χ0n) is 19.4. The number of rotatable bonds is 5. The molecule has 4 aromatic rings. The predicted octanol–water partition coefficient (Wildman–Crippen LogP) is 6.61. The molecule has 0 aliphatic carbocycles. The molecule has 1 N–H and O–H groups in total. The SMILES string of the molecule is CC1=NN(c2ccc(Cl)cc2)C(=O)[C@H]1[C@@H](c1ccccc1Cl)c1c(C)[nH]n(-c2ccc(Cl)cc2)c1=O. The number of nitrogens with zero attached hydrogens (tertiary/aromatic N) is 3. The second-order valence-corrected chi connectivity index (χ2v) is 9.89. The first-order valence-corrected chi connectivity index (χ1v) is 12.4. The van der Waals surface area contributed by atoms with Crippen molar-refractivity contribution in [2.45, 2.75) is 19.8 Å². The summed E-state index contributed by atoms with van der Waals surface area (Å²) < 4.78 is 1.45. The van der Waals surface area contributed by atoms with Crippen molar-refractivity contribution in [1.82, 2.24) is 9.78 Å². The third kappa shape index (κ3) is 4.26. The van der Waals surface area contributed by atoms with Crippen LogP contribution in [0.3, 0.4) is 0 Å². The van der Waals surface area contributed by atoms with Crippen molar-refractivity contribution in [2.24, 2.45) is 11.0 Å². The first-order valence-electron chi connectivity index (χ1n) is 11.2. The van der Waals surface area contributed by atoms with Gasteiger partial charge in [0.1, 0.15) is 0 Å². The van der Waals surface area contributed by atoms with E-state index in [1.165, 1.54) is 9.69 Å². The minimum atomic E-state index is -0.735. The van der Waals surface area contributed by atoms with Crippen LogP contribution in [0, 0.1) is 12.8 Å². The molecule has 5 rings (SSSR count). The average Bonchev–Trinajstić information content (AvgIpc) is 3.32. The minimum Gasteiger partial charge on any atom is -0.295 e. The van der Waals surface area contributed by atoms with Crippen LogP contribution in [0.5, 0.6) is 0 Å². The van der Waals surface area contributed by atoms with E-state index in [0.29, 0.717) is 49.0 Å². The predicted molar refractivity (Wildman–Crippen MR) is 145 cm³/mol. The van der Waals surface area contributed by atoms with Gasteiger partial charge in [-0.2, -0.15) is 5.10 Å². The highest BCUT2D eigenvalue weighted by atomic mass is 35.5. The smallest absolute Gasteiger partial charge is 0.275 e. The molecule has 2 atom stereocenters. The monoisotopic (exact) mass is 538 g/mol. The number of aryl methyl sites for hydroxylation is 1. The Hall–Kier alpha value is -3.32. The zero-order valence-corrected chi connectivity index (χ0v) is 21.6. The number of halogens is 3. The highest BCUT2D eigenvalue weighted by Crippen LogP contribution is 2.41. The van der Waals surface area contributed by atoms with Gasteiger partial charge in [0.2, 0.25) is 0 Å². The number of H-pyrrole nitrogens is 1. The molecule has 2 heterocycles. The van der Waals surface area contributed by atoms with Crippen LogP contribution in [0.1, 0.15) is 29.7 Å². The summed E-state index contributed by atoms with van der Waals surface area (Å²) in [5.41, 5.74) is 3.28. The van der Waals surface area contributed by atoms with Crippen molar-refractivity contribution in [2.75, 3.05) is 5.01 Å². The van der Waals surface area contributed by atoms with E-state index >= 15 is 0 Å². The fraction of sp³-hybridized carbons (Fsp3) is 0.148. The van der Waals surface area contributed by atoms with Crippen LogP contribution in [0.25, 0.3) is 5.69 Å². The maximum atomic E-state index is 13.8. The van der Waals surface area contributed by atoms with Crippen molar-refractivity contribution >= 4 is 52.1 Å². The molecule has 3 aromatic carbocycles. The number of aromatic nitrogens is 2. The number of nitrogens with one attached hydrogen (secondary N) is 1. The van der Waals surface area contributed by atoms with E-state index in [0.717, 1.165) is 0 Å². The van der Waals surface area contributed by atoms with Gasteiger partial charge >= 0.3 is 0 Å². The van der Waals surface area contributed by atoms with Gasteiger partial charge in [-0.05, 0) is 74.0 Å². The Bertz CT molecular complexity index is 1540. The molecular formula is C27H21Cl3N4O2. The van der Waals surface area contributed by atoms with E-state index in [1.807, 2.05) is 25.1 Å². The van der Waals surface area contributed by atoms with Gasteiger partial charge in [0.25, 0.3) is 11.5 Å². The summed E-state index contributed by atoms with van der Waals surface area (Å²) in [6.45, 7) is 3.61. The fourth-order valence-corrected chi connectivity index (χ4v) is 5.16. The Balaban J connectivity index is 1.66. The Kier molecular flexibility index (Phi) is 6.51. The van der Waals surface area contributed by atoms with Gasteiger partial charge in [0.05, 0.1) is 17.3 Å². The van der Waals surface area contributed by atoms with E-state index in [1.54, 1.807) is 61.5 Å². The minimum absolute atomic E-state index is 0.252. The van der Waals surface area contributed by atoms with Crippen molar-refractivity contribution in [3.05, 3.63) is 115 Å². The van der Waals surface area contributed by atoms with Crippen LogP contribution in [0.15, 0.2) is 82.7 Å². The Morgan fingerprint density at radius 1 is 0.833 bits per heavy atom. The lowest BCUT2D eigenvalue weighted by molar-refractivity contribution is -0.120. The number of carbonyl (C=O) groups is 1. The molecule has 0 saturated carbocycles. The van der Waals surface area contributed by atoms with Gasteiger partial charge < -0.3 is 0 Å². The third-order valence-electron chi connectivity index (χ3n) is 6.34. The molecule has 182 valence electrons. The van der Waals surface area contributed by atoms with Crippen molar-refractivity contribution < 1.29 is 4.79 Å². The molecule has 9 heteroatoms. The molecule has 0 radical (unpaired) electrons. The van der Waals surface area contributed by atoms with Crippen LogP contribution in [-0.2, 0) is 4.79 Å². The first-order chi connectivity index (χ1) is 17.3. The lowest BCUT2D eigenvalue weighted by atomic mass is 9.78. The van der Waals surface area contributed by atoms with Crippen molar-refractivity contribution in [1.29, 1.82) is 0 Å². The summed E-state index contributed by atoms with van der Waals surface area (Å²) in [5, 5.41) is 10.7. The number of amides is 1. The van der Waals surface area contributed by atoms with Crippen LogP contribution in [0.2, 0.25) is 15.1 Å². The number of benzene rings is 3. The maximum Gasteiger partial charge on any atom is 0.275 e. The zero-order chi connectivity index (χ0) is 25.6.